The van der Waals surface area contributed by atoms with Crippen LogP contribution in [0.15, 0.2) is 12.1 Å². The van der Waals surface area contributed by atoms with Crippen LogP contribution in [0.25, 0.3) is 0 Å². The third-order valence-electron chi connectivity index (χ3n) is 3.35. The van der Waals surface area contributed by atoms with Gasteiger partial charge in [-0.2, -0.15) is 0 Å². The summed E-state index contributed by atoms with van der Waals surface area (Å²) in [4.78, 5) is 13.9. The summed E-state index contributed by atoms with van der Waals surface area (Å²) in [6.07, 6.45) is 0. The molecule has 1 aliphatic heterocycles. The lowest BCUT2D eigenvalue weighted by atomic mass is 10.2. The standard InChI is InChI=1S/C13H16F3N3O/c1-8(19-4-2-17-3-5-19)13(20)18-12-7-10(15)9(14)6-11(12)16/h6-8,17H,2-5H2,1H3,(H,18,20). The van der Waals surface area contributed by atoms with Gasteiger partial charge in [-0.05, 0) is 6.92 Å². The van der Waals surface area contributed by atoms with Crippen LogP contribution in [0.5, 0.6) is 0 Å². The summed E-state index contributed by atoms with van der Waals surface area (Å²) >= 11 is 0. The Morgan fingerprint density at radius 2 is 1.80 bits per heavy atom. The number of halogens is 3. The van der Waals surface area contributed by atoms with Gasteiger partial charge in [0.05, 0.1) is 11.7 Å². The molecule has 1 aliphatic rings. The summed E-state index contributed by atoms with van der Waals surface area (Å²) in [5, 5.41) is 5.45. The molecule has 0 radical (unpaired) electrons. The van der Waals surface area contributed by atoms with Gasteiger partial charge < -0.3 is 10.6 Å². The highest BCUT2D eigenvalue weighted by molar-refractivity contribution is 5.94. The number of rotatable bonds is 3. The van der Waals surface area contributed by atoms with Crippen molar-refractivity contribution in [2.75, 3.05) is 31.5 Å². The summed E-state index contributed by atoms with van der Waals surface area (Å²) < 4.78 is 39.3. The molecule has 4 nitrogen and oxygen atoms in total. The smallest absolute Gasteiger partial charge is 0.241 e. The Bertz CT molecular complexity index is 504. The van der Waals surface area contributed by atoms with Crippen LogP contribution in [0.4, 0.5) is 18.9 Å². The third-order valence-corrected chi connectivity index (χ3v) is 3.35. The van der Waals surface area contributed by atoms with Gasteiger partial charge >= 0.3 is 0 Å². The number of nitrogens with zero attached hydrogens (tertiary/aromatic N) is 1. The Labute approximate surface area is 114 Å². The van der Waals surface area contributed by atoms with Gasteiger partial charge in [0.15, 0.2) is 11.6 Å². The predicted molar refractivity (Wildman–Crippen MR) is 68.9 cm³/mol. The van der Waals surface area contributed by atoms with Crippen LogP contribution >= 0.6 is 0 Å². The van der Waals surface area contributed by atoms with E-state index < -0.39 is 29.4 Å². The number of amides is 1. The summed E-state index contributed by atoms with van der Waals surface area (Å²) in [6, 6.07) is 0.595. The van der Waals surface area contributed by atoms with Crippen LogP contribution in [-0.2, 0) is 4.79 Å². The van der Waals surface area contributed by atoms with Crippen molar-refractivity contribution in [3.05, 3.63) is 29.6 Å². The number of benzene rings is 1. The van der Waals surface area contributed by atoms with E-state index in [9.17, 15) is 18.0 Å². The Morgan fingerprint density at radius 1 is 1.20 bits per heavy atom. The summed E-state index contributed by atoms with van der Waals surface area (Å²) in [7, 11) is 0. The van der Waals surface area contributed by atoms with Crippen LogP contribution in [0.2, 0.25) is 0 Å². The molecule has 1 amide bonds. The molecule has 0 bridgehead atoms. The zero-order valence-electron chi connectivity index (χ0n) is 11.0. The van der Waals surface area contributed by atoms with Crippen molar-refractivity contribution in [3.63, 3.8) is 0 Å². The minimum atomic E-state index is -1.28. The van der Waals surface area contributed by atoms with E-state index in [1.165, 1.54) is 0 Å². The molecule has 1 atom stereocenters. The van der Waals surface area contributed by atoms with E-state index in [4.69, 9.17) is 0 Å². The minimum Gasteiger partial charge on any atom is -0.322 e. The quantitative estimate of drug-likeness (QED) is 0.825. The average Bonchev–Trinajstić information content (AvgIpc) is 2.44. The van der Waals surface area contributed by atoms with E-state index in [0.29, 0.717) is 25.2 Å². The molecule has 2 N–H and O–H groups in total. The number of piperazine rings is 1. The van der Waals surface area contributed by atoms with Gasteiger partial charge in [0.2, 0.25) is 5.91 Å². The Kier molecular flexibility index (Phi) is 4.61. The lowest BCUT2D eigenvalue weighted by Gasteiger charge is -2.31. The molecule has 1 fully saturated rings. The molecule has 110 valence electrons. The van der Waals surface area contributed by atoms with E-state index in [2.05, 4.69) is 10.6 Å². The maximum Gasteiger partial charge on any atom is 0.241 e. The molecule has 0 saturated carbocycles. The van der Waals surface area contributed by atoms with Crippen molar-refractivity contribution in [2.45, 2.75) is 13.0 Å². The van der Waals surface area contributed by atoms with E-state index in [1.807, 2.05) is 4.90 Å². The van der Waals surface area contributed by atoms with Gasteiger partial charge in [0.1, 0.15) is 5.82 Å². The van der Waals surface area contributed by atoms with Gasteiger partial charge in [-0.15, -0.1) is 0 Å². The largest absolute Gasteiger partial charge is 0.322 e. The fraction of sp³-hybridized carbons (Fsp3) is 0.462. The SMILES string of the molecule is CC(C(=O)Nc1cc(F)c(F)cc1F)N1CCNCC1. The second kappa shape index (κ2) is 6.23. The van der Waals surface area contributed by atoms with E-state index >= 15 is 0 Å². The molecule has 1 unspecified atom stereocenters. The zero-order valence-corrected chi connectivity index (χ0v) is 11.0. The number of carbonyl (C=O) groups excluding carboxylic acids is 1. The average molecular weight is 287 g/mol. The second-order valence-corrected chi connectivity index (χ2v) is 4.70. The fourth-order valence-electron chi connectivity index (χ4n) is 2.09. The van der Waals surface area contributed by atoms with Gasteiger partial charge in [-0.3, -0.25) is 9.69 Å². The monoisotopic (exact) mass is 287 g/mol. The third kappa shape index (κ3) is 3.29. The van der Waals surface area contributed by atoms with Crippen molar-refractivity contribution in [3.8, 4) is 0 Å². The van der Waals surface area contributed by atoms with E-state index in [0.717, 1.165) is 13.1 Å². The van der Waals surface area contributed by atoms with Crippen molar-refractivity contribution in [1.29, 1.82) is 0 Å². The molecular weight excluding hydrogens is 271 g/mol. The Hall–Kier alpha value is -1.60. The molecule has 0 aliphatic carbocycles. The van der Waals surface area contributed by atoms with Gasteiger partial charge in [-0.1, -0.05) is 0 Å². The molecule has 1 saturated heterocycles. The van der Waals surface area contributed by atoms with Crippen LogP contribution in [0, 0.1) is 17.5 Å². The predicted octanol–water partition coefficient (Wildman–Crippen LogP) is 1.34. The summed E-state index contributed by atoms with van der Waals surface area (Å²) in [5.74, 6) is -3.92. The first kappa shape index (κ1) is 14.8. The van der Waals surface area contributed by atoms with Gasteiger partial charge in [-0.25, -0.2) is 13.2 Å². The van der Waals surface area contributed by atoms with Gasteiger partial charge in [0.25, 0.3) is 0 Å². The molecule has 1 aromatic carbocycles. The van der Waals surface area contributed by atoms with Crippen molar-refractivity contribution < 1.29 is 18.0 Å². The molecule has 1 aromatic rings. The Balaban J connectivity index is 2.05. The zero-order chi connectivity index (χ0) is 14.7. The number of hydrogen-bond donors (Lipinski definition) is 2. The van der Waals surface area contributed by atoms with Crippen molar-refractivity contribution in [1.82, 2.24) is 10.2 Å². The number of anilines is 1. The lowest BCUT2D eigenvalue weighted by molar-refractivity contribution is -0.121. The molecule has 0 spiro atoms. The number of hydrogen-bond acceptors (Lipinski definition) is 3. The highest BCUT2D eigenvalue weighted by Gasteiger charge is 2.23. The van der Waals surface area contributed by atoms with E-state index in [-0.39, 0.29) is 5.69 Å². The maximum atomic E-state index is 13.5. The van der Waals surface area contributed by atoms with Crippen LogP contribution < -0.4 is 10.6 Å². The first-order valence-electron chi connectivity index (χ1n) is 6.39. The lowest BCUT2D eigenvalue weighted by Crippen LogP contribution is -2.51. The van der Waals surface area contributed by atoms with E-state index in [1.54, 1.807) is 6.92 Å². The van der Waals surface area contributed by atoms with Gasteiger partial charge in [0, 0.05) is 38.3 Å². The molecule has 7 heteroatoms. The second-order valence-electron chi connectivity index (χ2n) is 4.70. The van der Waals surface area contributed by atoms with Crippen LogP contribution in [0.1, 0.15) is 6.92 Å². The maximum absolute atomic E-state index is 13.5. The van der Waals surface area contributed by atoms with Crippen molar-refractivity contribution in [2.24, 2.45) is 0 Å². The molecule has 2 rings (SSSR count). The van der Waals surface area contributed by atoms with Crippen LogP contribution in [0.3, 0.4) is 0 Å². The molecular formula is C13H16F3N3O. The highest BCUT2D eigenvalue weighted by atomic mass is 19.2. The minimum absolute atomic E-state index is 0.351. The first-order chi connectivity index (χ1) is 9.49. The highest BCUT2D eigenvalue weighted by Crippen LogP contribution is 2.19. The molecule has 1 heterocycles. The fourth-order valence-corrected chi connectivity index (χ4v) is 2.09. The normalized spacial score (nSPS) is 17.8. The summed E-state index contributed by atoms with van der Waals surface area (Å²) in [5.41, 5.74) is -0.351. The number of carbonyl (C=O) groups is 1. The van der Waals surface area contributed by atoms with Crippen molar-refractivity contribution >= 4 is 11.6 Å². The number of nitrogens with one attached hydrogen (secondary N) is 2. The van der Waals surface area contributed by atoms with Crippen LogP contribution in [-0.4, -0.2) is 43.0 Å². The first-order valence-corrected chi connectivity index (χ1v) is 6.39. The topological polar surface area (TPSA) is 44.4 Å². The Morgan fingerprint density at radius 3 is 2.45 bits per heavy atom. The summed E-state index contributed by atoms with van der Waals surface area (Å²) in [6.45, 7) is 4.65. The molecule has 0 aromatic heterocycles. The molecule has 20 heavy (non-hydrogen) atoms.